The second kappa shape index (κ2) is 11.9. The van der Waals surface area contributed by atoms with Crippen LogP contribution in [0.15, 0.2) is 0 Å². The van der Waals surface area contributed by atoms with Crippen molar-refractivity contribution in [1.82, 2.24) is 16.0 Å². The summed E-state index contributed by atoms with van der Waals surface area (Å²) < 4.78 is 0. The molecule has 14 nitrogen and oxygen atoms in total. The molecule has 0 radical (unpaired) electrons. The molecule has 0 aromatic heterocycles. The highest BCUT2D eigenvalue weighted by Gasteiger charge is 2.33. The van der Waals surface area contributed by atoms with Gasteiger partial charge in [0.05, 0.1) is 25.2 Å². The molecule has 14 heteroatoms. The number of aliphatic carboxylic acids is 2. The van der Waals surface area contributed by atoms with Crippen LogP contribution in [0.5, 0.6) is 0 Å². The zero-order chi connectivity index (χ0) is 22.9. The summed E-state index contributed by atoms with van der Waals surface area (Å²) in [6.45, 7) is 1.33. The Labute approximate surface area is 165 Å². The molecule has 0 rings (SSSR count). The van der Waals surface area contributed by atoms with Crippen molar-refractivity contribution >= 4 is 29.7 Å². The van der Waals surface area contributed by atoms with E-state index in [1.165, 1.54) is 6.92 Å². The molecule has 0 aliphatic rings. The maximum absolute atomic E-state index is 12.4. The van der Waals surface area contributed by atoms with Gasteiger partial charge in [-0.15, -0.1) is 0 Å². The topological polar surface area (TPSA) is 249 Å². The quantitative estimate of drug-likeness (QED) is 0.144. The van der Waals surface area contributed by atoms with Gasteiger partial charge in [-0.3, -0.25) is 19.2 Å². The van der Waals surface area contributed by atoms with Crippen molar-refractivity contribution in [2.75, 3.05) is 6.61 Å². The molecule has 0 fully saturated rings. The maximum Gasteiger partial charge on any atom is 0.328 e. The number of carboxylic acids is 2. The first-order chi connectivity index (χ1) is 13.3. The van der Waals surface area contributed by atoms with Crippen LogP contribution in [-0.4, -0.2) is 98.2 Å². The van der Waals surface area contributed by atoms with Crippen molar-refractivity contribution in [2.45, 2.75) is 56.6 Å². The number of amides is 3. The number of nitrogens with two attached hydrogens (primary N) is 1. The summed E-state index contributed by atoms with van der Waals surface area (Å²) in [6.07, 6.45) is -3.76. The first-order valence-corrected chi connectivity index (χ1v) is 8.40. The zero-order valence-corrected chi connectivity index (χ0v) is 15.7. The van der Waals surface area contributed by atoms with Gasteiger partial charge in [-0.1, -0.05) is 0 Å². The minimum absolute atomic E-state index is 0.910. The molecule has 0 aliphatic carbocycles. The molecule has 0 bridgehead atoms. The van der Waals surface area contributed by atoms with Crippen LogP contribution in [0.3, 0.4) is 0 Å². The Bertz CT molecular complexity index is 624. The number of hydrogen-bond donors (Lipinski definition) is 9. The van der Waals surface area contributed by atoms with E-state index < -0.39 is 79.1 Å². The third kappa shape index (κ3) is 8.82. The van der Waals surface area contributed by atoms with Crippen LogP contribution in [-0.2, 0) is 24.0 Å². The highest BCUT2D eigenvalue weighted by atomic mass is 16.4. The lowest BCUT2D eigenvalue weighted by Gasteiger charge is -2.26. The molecule has 0 saturated heterocycles. The summed E-state index contributed by atoms with van der Waals surface area (Å²) in [5, 5.41) is 51.6. The molecule has 6 atom stereocenters. The van der Waals surface area contributed by atoms with E-state index in [0.29, 0.717) is 0 Å². The molecule has 0 aromatic rings. The van der Waals surface area contributed by atoms with E-state index in [1.807, 2.05) is 16.0 Å². The highest BCUT2D eigenvalue weighted by Crippen LogP contribution is 2.01. The molecular weight excluding hydrogens is 396 g/mol. The van der Waals surface area contributed by atoms with Crippen molar-refractivity contribution in [1.29, 1.82) is 0 Å². The minimum atomic E-state index is -1.73. The molecular formula is C15H26N4O10. The van der Waals surface area contributed by atoms with E-state index >= 15 is 0 Å². The number of rotatable bonds is 12. The minimum Gasteiger partial charge on any atom is -0.481 e. The first-order valence-electron chi connectivity index (χ1n) is 8.40. The van der Waals surface area contributed by atoms with Crippen molar-refractivity contribution in [3.8, 4) is 0 Å². The van der Waals surface area contributed by atoms with Crippen molar-refractivity contribution in [3.63, 3.8) is 0 Å². The largest absolute Gasteiger partial charge is 0.481 e. The fourth-order valence-corrected chi connectivity index (χ4v) is 1.98. The van der Waals surface area contributed by atoms with Gasteiger partial charge in [0.25, 0.3) is 0 Å². The molecule has 6 unspecified atom stereocenters. The monoisotopic (exact) mass is 422 g/mol. The predicted molar refractivity (Wildman–Crippen MR) is 94.1 cm³/mol. The summed E-state index contributed by atoms with van der Waals surface area (Å²) >= 11 is 0. The van der Waals surface area contributed by atoms with E-state index in [1.54, 1.807) is 0 Å². The molecule has 0 saturated carbocycles. The number of carboxylic acid groups (broad SMARTS) is 2. The number of carbonyl (C=O) groups is 5. The van der Waals surface area contributed by atoms with Crippen molar-refractivity contribution in [3.05, 3.63) is 0 Å². The molecule has 0 aromatic carbocycles. The summed E-state index contributed by atoms with van der Waals surface area (Å²) in [4.78, 5) is 58.3. The van der Waals surface area contributed by atoms with Crippen LogP contribution < -0.4 is 21.7 Å². The highest BCUT2D eigenvalue weighted by molar-refractivity contribution is 5.95. The lowest BCUT2D eigenvalue weighted by atomic mass is 10.1. The number of aliphatic hydroxyl groups is 3. The van der Waals surface area contributed by atoms with Gasteiger partial charge in [0, 0.05) is 0 Å². The Kier molecular flexibility index (Phi) is 10.7. The van der Waals surface area contributed by atoms with Crippen LogP contribution in [0.4, 0.5) is 0 Å². The average Bonchev–Trinajstić information content (AvgIpc) is 2.61. The maximum atomic E-state index is 12.4. The van der Waals surface area contributed by atoms with Crippen LogP contribution in [0.2, 0.25) is 0 Å². The second-order valence-electron chi connectivity index (χ2n) is 6.23. The van der Waals surface area contributed by atoms with E-state index in [9.17, 15) is 34.2 Å². The summed E-state index contributed by atoms with van der Waals surface area (Å²) in [5.41, 5.74) is 5.41. The van der Waals surface area contributed by atoms with Gasteiger partial charge in [-0.05, 0) is 13.8 Å². The molecule has 3 amide bonds. The summed E-state index contributed by atoms with van der Waals surface area (Å²) in [6, 6.07) is -6.61. The van der Waals surface area contributed by atoms with Gasteiger partial charge in [0.1, 0.15) is 24.2 Å². The van der Waals surface area contributed by atoms with Gasteiger partial charge >= 0.3 is 11.9 Å². The molecule has 166 valence electrons. The number of nitrogens with one attached hydrogen (secondary N) is 3. The Morgan fingerprint density at radius 1 is 0.828 bits per heavy atom. The van der Waals surface area contributed by atoms with E-state index in [4.69, 9.17) is 21.1 Å². The van der Waals surface area contributed by atoms with Gasteiger partial charge in [-0.25, -0.2) is 4.79 Å². The standard InChI is InChI=1S/C15H26N4O10/c1-5(21)10(16)13(26)17-7(3-9(23)24)12(25)19-11(6(2)22)14(27)18-8(4-20)15(28)29/h5-8,10-11,20-22H,3-4,16H2,1-2H3,(H,17,26)(H,18,27)(H,19,25)(H,23,24)(H,28,29). The number of aliphatic hydroxyl groups excluding tert-OH is 3. The van der Waals surface area contributed by atoms with Crippen LogP contribution in [0, 0.1) is 0 Å². The molecule has 0 heterocycles. The SMILES string of the molecule is CC(O)C(N)C(=O)NC(CC(=O)O)C(=O)NC(C(=O)NC(CO)C(=O)O)C(C)O. The average molecular weight is 422 g/mol. The fourth-order valence-electron chi connectivity index (χ4n) is 1.98. The summed E-state index contributed by atoms with van der Waals surface area (Å²) in [5.74, 6) is -6.45. The third-order valence-electron chi connectivity index (χ3n) is 3.69. The fraction of sp³-hybridized carbons (Fsp3) is 0.667. The van der Waals surface area contributed by atoms with E-state index in [-0.39, 0.29) is 0 Å². The Hall–Kier alpha value is -2.81. The predicted octanol–water partition coefficient (Wildman–Crippen LogP) is -4.92. The molecule has 10 N–H and O–H groups in total. The third-order valence-corrected chi connectivity index (χ3v) is 3.69. The number of carbonyl (C=O) groups excluding carboxylic acids is 3. The van der Waals surface area contributed by atoms with Crippen LogP contribution in [0.1, 0.15) is 20.3 Å². The van der Waals surface area contributed by atoms with E-state index in [2.05, 4.69) is 0 Å². The summed E-state index contributed by atoms with van der Waals surface area (Å²) in [7, 11) is 0. The Balaban J connectivity index is 5.38. The Morgan fingerprint density at radius 3 is 1.72 bits per heavy atom. The van der Waals surface area contributed by atoms with Crippen molar-refractivity contribution < 1.29 is 49.5 Å². The van der Waals surface area contributed by atoms with E-state index in [0.717, 1.165) is 6.92 Å². The van der Waals surface area contributed by atoms with Gasteiger partial charge in [0.15, 0.2) is 0 Å². The lowest BCUT2D eigenvalue weighted by molar-refractivity contribution is -0.145. The van der Waals surface area contributed by atoms with Crippen LogP contribution in [0.25, 0.3) is 0 Å². The molecule has 0 spiro atoms. The zero-order valence-electron chi connectivity index (χ0n) is 15.7. The lowest BCUT2D eigenvalue weighted by Crippen LogP contribution is -2.61. The second-order valence-corrected chi connectivity index (χ2v) is 6.23. The van der Waals surface area contributed by atoms with Crippen LogP contribution >= 0.6 is 0 Å². The molecule has 0 aliphatic heterocycles. The first kappa shape index (κ1) is 26.2. The smallest absolute Gasteiger partial charge is 0.328 e. The normalized spacial score (nSPS) is 17.0. The number of hydrogen-bond acceptors (Lipinski definition) is 9. The van der Waals surface area contributed by atoms with Gasteiger partial charge < -0.3 is 47.2 Å². The van der Waals surface area contributed by atoms with Crippen molar-refractivity contribution in [2.24, 2.45) is 5.73 Å². The van der Waals surface area contributed by atoms with Gasteiger partial charge in [-0.2, -0.15) is 0 Å². The molecule has 29 heavy (non-hydrogen) atoms. The van der Waals surface area contributed by atoms with Gasteiger partial charge in [0.2, 0.25) is 17.7 Å². The Morgan fingerprint density at radius 2 is 1.34 bits per heavy atom.